The number of fused-ring (bicyclic) bond motifs is 1. The Morgan fingerprint density at radius 3 is 2.00 bits per heavy atom. The van der Waals surface area contributed by atoms with Crippen LogP contribution in [0.4, 0.5) is 0 Å². The van der Waals surface area contributed by atoms with Crippen LogP contribution in [0.1, 0.15) is 0 Å². The quantitative estimate of drug-likeness (QED) is 0.478. The Bertz CT molecular complexity index is 1120. The minimum absolute atomic E-state index is 0.259. The van der Waals surface area contributed by atoms with Gasteiger partial charge in [-0.05, 0) is 18.2 Å². The largest absolute Gasteiger partial charge is 0.279 e. The molecule has 0 aliphatic rings. The highest BCUT2D eigenvalue weighted by molar-refractivity contribution is 6.37. The summed E-state index contributed by atoms with van der Waals surface area (Å²) in [4.78, 5) is 13.0. The zero-order valence-corrected chi connectivity index (χ0v) is 14.5. The summed E-state index contributed by atoms with van der Waals surface area (Å²) in [6.07, 6.45) is 0. The summed E-state index contributed by atoms with van der Waals surface area (Å²) in [6.45, 7) is 0. The Morgan fingerprint density at radius 1 is 0.720 bits per heavy atom. The Hall–Kier alpha value is -2.62. The van der Waals surface area contributed by atoms with E-state index in [0.717, 1.165) is 10.9 Å². The molecule has 0 bridgehead atoms. The second-order valence-electron chi connectivity index (χ2n) is 5.55. The third-order valence-electron chi connectivity index (χ3n) is 4.00. The molecule has 0 saturated heterocycles. The van der Waals surface area contributed by atoms with Crippen molar-refractivity contribution < 1.29 is 0 Å². The van der Waals surface area contributed by atoms with Crippen LogP contribution in [0.3, 0.4) is 0 Å². The van der Waals surface area contributed by atoms with E-state index in [9.17, 15) is 4.79 Å². The Kier molecular flexibility index (Phi) is 4.04. The molecule has 4 aromatic rings. The van der Waals surface area contributed by atoms with Gasteiger partial charge in [-0.2, -0.15) is 9.78 Å². The number of para-hydroxylation sites is 1. The molecule has 3 aromatic carbocycles. The van der Waals surface area contributed by atoms with Crippen molar-refractivity contribution in [2.75, 3.05) is 0 Å². The zero-order chi connectivity index (χ0) is 17.4. The van der Waals surface area contributed by atoms with Gasteiger partial charge in [-0.3, -0.25) is 4.79 Å². The third-order valence-corrected chi connectivity index (χ3v) is 4.61. The number of hydrogen-bond donors (Lipinski definition) is 0. The maximum absolute atomic E-state index is 13.0. The molecule has 122 valence electrons. The number of nitrogens with zero attached hydrogens (tertiary/aromatic N) is 2. The smallest absolute Gasteiger partial charge is 0.267 e. The summed E-state index contributed by atoms with van der Waals surface area (Å²) in [5.74, 6) is 0. The Balaban J connectivity index is 2.14. The summed E-state index contributed by atoms with van der Waals surface area (Å²) in [7, 11) is 0. The molecule has 0 aliphatic carbocycles. The highest BCUT2D eigenvalue weighted by Gasteiger charge is 2.16. The molecular weight excluding hydrogens is 355 g/mol. The fourth-order valence-corrected chi connectivity index (χ4v) is 3.40. The summed E-state index contributed by atoms with van der Waals surface area (Å²) in [5.41, 5.74) is 1.74. The van der Waals surface area contributed by atoms with Crippen LogP contribution in [-0.4, -0.2) is 9.78 Å². The molecule has 5 heteroatoms. The summed E-state index contributed by atoms with van der Waals surface area (Å²) in [6, 6.07) is 22.2. The van der Waals surface area contributed by atoms with Gasteiger partial charge in [-0.15, -0.1) is 0 Å². The molecule has 0 amide bonds. The second kappa shape index (κ2) is 6.36. The van der Waals surface area contributed by atoms with E-state index >= 15 is 0 Å². The van der Waals surface area contributed by atoms with E-state index in [-0.39, 0.29) is 5.56 Å². The van der Waals surface area contributed by atoms with Crippen LogP contribution in [0.5, 0.6) is 0 Å². The van der Waals surface area contributed by atoms with Crippen molar-refractivity contribution in [3.63, 3.8) is 0 Å². The van der Waals surface area contributed by atoms with E-state index in [1.165, 1.54) is 4.68 Å². The van der Waals surface area contributed by atoms with Crippen LogP contribution < -0.4 is 5.56 Å². The molecule has 25 heavy (non-hydrogen) atoms. The van der Waals surface area contributed by atoms with Gasteiger partial charge < -0.3 is 0 Å². The van der Waals surface area contributed by atoms with Crippen LogP contribution in [0.25, 0.3) is 27.7 Å². The molecule has 1 heterocycles. The van der Waals surface area contributed by atoms with E-state index < -0.39 is 0 Å². The third kappa shape index (κ3) is 2.72. The van der Waals surface area contributed by atoms with Crippen LogP contribution in [0, 0.1) is 0 Å². The maximum atomic E-state index is 13.0. The van der Waals surface area contributed by atoms with Gasteiger partial charge in [0.1, 0.15) is 5.69 Å². The predicted octanol–water partition coefficient (Wildman–Crippen LogP) is 5.36. The van der Waals surface area contributed by atoms with E-state index in [4.69, 9.17) is 23.2 Å². The number of benzene rings is 3. The van der Waals surface area contributed by atoms with Crippen molar-refractivity contribution >= 4 is 34.0 Å². The van der Waals surface area contributed by atoms with Crippen molar-refractivity contribution in [3.05, 3.63) is 93.2 Å². The number of halogens is 2. The lowest BCUT2D eigenvalue weighted by Crippen LogP contribution is -2.22. The summed E-state index contributed by atoms with van der Waals surface area (Å²) >= 11 is 12.6. The molecule has 0 saturated carbocycles. The number of rotatable bonds is 2. The van der Waals surface area contributed by atoms with Gasteiger partial charge in [0.15, 0.2) is 0 Å². The van der Waals surface area contributed by atoms with Crippen LogP contribution in [-0.2, 0) is 0 Å². The van der Waals surface area contributed by atoms with Crippen LogP contribution >= 0.6 is 23.2 Å². The van der Waals surface area contributed by atoms with Gasteiger partial charge in [0.25, 0.3) is 5.56 Å². The molecule has 0 unspecified atom stereocenters. The number of aromatic nitrogens is 2. The molecule has 0 atom stereocenters. The van der Waals surface area contributed by atoms with Gasteiger partial charge in [0.2, 0.25) is 0 Å². The van der Waals surface area contributed by atoms with E-state index in [0.29, 0.717) is 26.8 Å². The fraction of sp³-hybridized carbons (Fsp3) is 0. The predicted molar refractivity (Wildman–Crippen MR) is 103 cm³/mol. The topological polar surface area (TPSA) is 34.9 Å². The van der Waals surface area contributed by atoms with E-state index in [1.54, 1.807) is 24.3 Å². The zero-order valence-electron chi connectivity index (χ0n) is 13.0. The van der Waals surface area contributed by atoms with Crippen LogP contribution in [0.2, 0.25) is 10.0 Å². The van der Waals surface area contributed by atoms with Gasteiger partial charge in [0.05, 0.1) is 21.1 Å². The minimum Gasteiger partial charge on any atom is -0.267 e. The fourth-order valence-electron chi connectivity index (χ4n) is 2.84. The summed E-state index contributed by atoms with van der Waals surface area (Å²) < 4.78 is 1.29. The van der Waals surface area contributed by atoms with Crippen molar-refractivity contribution in [1.82, 2.24) is 9.78 Å². The molecular formula is C20H12Cl2N2O. The highest BCUT2D eigenvalue weighted by atomic mass is 35.5. The first kappa shape index (κ1) is 15.9. The molecule has 0 spiro atoms. The molecule has 0 N–H and O–H groups in total. The van der Waals surface area contributed by atoms with Crippen molar-refractivity contribution in [2.45, 2.75) is 0 Å². The Labute approximate surface area is 154 Å². The lowest BCUT2D eigenvalue weighted by Gasteiger charge is -2.13. The molecule has 0 fully saturated rings. The lowest BCUT2D eigenvalue weighted by molar-refractivity contribution is 0.826. The minimum atomic E-state index is -0.259. The van der Waals surface area contributed by atoms with Crippen molar-refractivity contribution in [3.8, 4) is 16.9 Å². The SMILES string of the molecule is O=c1c2ccccc2c(-c2ccccc2)nn1-c1c(Cl)cccc1Cl. The molecule has 0 radical (unpaired) electrons. The lowest BCUT2D eigenvalue weighted by atomic mass is 10.1. The van der Waals surface area contributed by atoms with E-state index in [2.05, 4.69) is 5.10 Å². The van der Waals surface area contributed by atoms with Crippen molar-refractivity contribution in [1.29, 1.82) is 0 Å². The van der Waals surface area contributed by atoms with Gasteiger partial charge >= 0.3 is 0 Å². The summed E-state index contributed by atoms with van der Waals surface area (Å²) in [5, 5.41) is 6.69. The van der Waals surface area contributed by atoms with Gasteiger partial charge in [-0.1, -0.05) is 77.8 Å². The van der Waals surface area contributed by atoms with Crippen molar-refractivity contribution in [2.24, 2.45) is 0 Å². The van der Waals surface area contributed by atoms with Crippen LogP contribution in [0.15, 0.2) is 77.6 Å². The average molecular weight is 367 g/mol. The Morgan fingerprint density at radius 2 is 1.32 bits per heavy atom. The second-order valence-corrected chi connectivity index (χ2v) is 6.36. The first-order chi connectivity index (χ1) is 12.2. The van der Waals surface area contributed by atoms with Gasteiger partial charge in [-0.25, -0.2) is 0 Å². The van der Waals surface area contributed by atoms with Gasteiger partial charge in [0, 0.05) is 10.9 Å². The monoisotopic (exact) mass is 366 g/mol. The standard InChI is InChI=1S/C20H12Cl2N2O/c21-16-11-6-12-17(22)19(16)24-20(25)15-10-5-4-9-14(15)18(23-24)13-7-2-1-3-8-13/h1-12H. The first-order valence-electron chi connectivity index (χ1n) is 7.68. The number of hydrogen-bond acceptors (Lipinski definition) is 2. The highest BCUT2D eigenvalue weighted by Crippen LogP contribution is 2.30. The normalized spacial score (nSPS) is 11.0. The molecule has 0 aliphatic heterocycles. The molecule has 3 nitrogen and oxygen atoms in total. The first-order valence-corrected chi connectivity index (χ1v) is 8.44. The molecule has 1 aromatic heterocycles. The molecule has 4 rings (SSSR count). The maximum Gasteiger partial charge on any atom is 0.279 e. The van der Waals surface area contributed by atoms with E-state index in [1.807, 2.05) is 48.5 Å². The average Bonchev–Trinajstić information content (AvgIpc) is 2.64.